The average molecular weight is 354 g/mol. The van der Waals surface area contributed by atoms with Gasteiger partial charge in [-0.1, -0.05) is 16.8 Å². The first-order chi connectivity index (χ1) is 11.6. The summed E-state index contributed by atoms with van der Waals surface area (Å²) in [4.78, 5) is 12.6. The number of ether oxygens (including phenoxy) is 1. The molecule has 1 aromatic carbocycles. The summed E-state index contributed by atoms with van der Waals surface area (Å²) in [5.74, 6) is 0.261. The van der Waals surface area contributed by atoms with Gasteiger partial charge in [-0.3, -0.25) is 4.79 Å². The highest BCUT2D eigenvalue weighted by Gasteiger charge is 2.25. The second-order valence-corrected chi connectivity index (χ2v) is 5.66. The maximum atomic E-state index is 12.6. The molecule has 0 saturated carbocycles. The van der Waals surface area contributed by atoms with Crippen LogP contribution in [0.25, 0.3) is 11.3 Å². The molecule has 0 saturated heterocycles. The third-order valence-electron chi connectivity index (χ3n) is 3.28. The number of hydrogen-bond donors (Lipinski definition) is 3. The van der Waals surface area contributed by atoms with Gasteiger partial charge in [0.1, 0.15) is 5.56 Å². The summed E-state index contributed by atoms with van der Waals surface area (Å²) in [5.41, 5.74) is 0.946. The first-order valence-corrected chi connectivity index (χ1v) is 7.84. The first kappa shape index (κ1) is 18.3. The molecule has 1 heterocycles. The van der Waals surface area contributed by atoms with Gasteiger partial charge in [0.2, 0.25) is 0 Å². The Bertz CT molecular complexity index is 672. The van der Waals surface area contributed by atoms with E-state index < -0.39 is 6.04 Å². The molecule has 1 aromatic heterocycles. The van der Waals surface area contributed by atoms with Crippen molar-refractivity contribution in [2.24, 2.45) is 0 Å². The maximum Gasteiger partial charge on any atom is 0.259 e. The van der Waals surface area contributed by atoms with Crippen molar-refractivity contribution in [1.82, 2.24) is 10.5 Å². The van der Waals surface area contributed by atoms with Crippen molar-refractivity contribution in [2.75, 3.05) is 32.2 Å². The van der Waals surface area contributed by atoms with Crippen LogP contribution in [0.1, 0.15) is 17.3 Å². The van der Waals surface area contributed by atoms with Gasteiger partial charge in [0.25, 0.3) is 5.91 Å². The third kappa shape index (κ3) is 4.47. The van der Waals surface area contributed by atoms with Crippen LogP contribution in [0.15, 0.2) is 28.8 Å². The normalized spacial score (nSPS) is 12.0. The standard InChI is InChI=1S/C16H20ClN3O4/c1-10(9-21)19-16(22)13-14(11-3-5-12(17)6-4-11)24-20-15(13)18-7-8-23-2/h3-6,10,21H,7-9H2,1-2H3,(H,18,20)(H,19,22)/t10-/m1/s1. The van der Waals surface area contributed by atoms with Crippen LogP contribution >= 0.6 is 11.6 Å². The van der Waals surface area contributed by atoms with Crippen LogP contribution in [0.2, 0.25) is 5.02 Å². The zero-order chi connectivity index (χ0) is 17.5. The number of anilines is 1. The molecular formula is C16H20ClN3O4. The first-order valence-electron chi connectivity index (χ1n) is 7.47. The van der Waals surface area contributed by atoms with Gasteiger partial charge in [-0.15, -0.1) is 0 Å². The molecule has 0 aliphatic heterocycles. The van der Waals surface area contributed by atoms with Crippen LogP contribution < -0.4 is 10.6 Å². The largest absolute Gasteiger partial charge is 0.394 e. The molecule has 2 aromatic rings. The van der Waals surface area contributed by atoms with E-state index in [0.717, 1.165) is 0 Å². The minimum Gasteiger partial charge on any atom is -0.394 e. The van der Waals surface area contributed by atoms with Gasteiger partial charge in [-0.2, -0.15) is 0 Å². The maximum absolute atomic E-state index is 12.6. The number of aliphatic hydroxyl groups is 1. The Morgan fingerprint density at radius 2 is 2.12 bits per heavy atom. The quantitative estimate of drug-likeness (QED) is 0.629. The van der Waals surface area contributed by atoms with Crippen LogP contribution in [0.3, 0.4) is 0 Å². The number of hydrogen-bond acceptors (Lipinski definition) is 6. The number of nitrogens with zero attached hydrogens (tertiary/aromatic N) is 1. The number of aliphatic hydroxyl groups excluding tert-OH is 1. The van der Waals surface area contributed by atoms with E-state index in [0.29, 0.717) is 35.3 Å². The lowest BCUT2D eigenvalue weighted by atomic mass is 10.1. The molecule has 0 radical (unpaired) electrons. The van der Waals surface area contributed by atoms with Crippen LogP contribution in [0.5, 0.6) is 0 Å². The Labute approximate surface area is 144 Å². The zero-order valence-electron chi connectivity index (χ0n) is 13.5. The van der Waals surface area contributed by atoms with Crippen molar-refractivity contribution in [2.45, 2.75) is 13.0 Å². The Balaban J connectivity index is 2.35. The fraction of sp³-hybridized carbons (Fsp3) is 0.375. The van der Waals surface area contributed by atoms with Gasteiger partial charge < -0.3 is 25.0 Å². The minimum absolute atomic E-state index is 0.167. The summed E-state index contributed by atoms with van der Waals surface area (Å²) in [5, 5.41) is 19.4. The van der Waals surface area contributed by atoms with E-state index >= 15 is 0 Å². The van der Waals surface area contributed by atoms with E-state index in [-0.39, 0.29) is 18.1 Å². The molecule has 130 valence electrons. The molecule has 0 fully saturated rings. The Morgan fingerprint density at radius 3 is 2.75 bits per heavy atom. The van der Waals surface area contributed by atoms with Crippen LogP contribution in [0.4, 0.5) is 5.82 Å². The van der Waals surface area contributed by atoms with Crippen molar-refractivity contribution in [3.05, 3.63) is 34.9 Å². The Kier molecular flexibility index (Phi) is 6.60. The van der Waals surface area contributed by atoms with Crippen LogP contribution in [-0.4, -0.2) is 49.1 Å². The summed E-state index contributed by atoms with van der Waals surface area (Å²) >= 11 is 5.90. The van der Waals surface area contributed by atoms with Gasteiger partial charge in [0.15, 0.2) is 11.6 Å². The monoisotopic (exact) mass is 353 g/mol. The Morgan fingerprint density at radius 1 is 1.42 bits per heavy atom. The fourth-order valence-corrected chi connectivity index (χ4v) is 2.16. The fourth-order valence-electron chi connectivity index (χ4n) is 2.03. The van der Waals surface area contributed by atoms with E-state index in [1.165, 1.54) is 0 Å². The smallest absolute Gasteiger partial charge is 0.259 e. The van der Waals surface area contributed by atoms with Gasteiger partial charge in [0.05, 0.1) is 13.2 Å². The third-order valence-corrected chi connectivity index (χ3v) is 3.53. The summed E-state index contributed by atoms with van der Waals surface area (Å²) in [6, 6.07) is 6.50. The molecule has 0 unspecified atom stereocenters. The molecule has 8 heteroatoms. The predicted molar refractivity (Wildman–Crippen MR) is 91.3 cm³/mol. The van der Waals surface area contributed by atoms with E-state index in [4.69, 9.17) is 26.0 Å². The second-order valence-electron chi connectivity index (χ2n) is 5.22. The minimum atomic E-state index is -0.391. The number of aromatic nitrogens is 1. The molecule has 2 rings (SSSR count). The summed E-state index contributed by atoms with van der Waals surface area (Å²) in [6.45, 7) is 2.46. The Hall–Kier alpha value is -2.09. The van der Waals surface area contributed by atoms with E-state index in [1.807, 2.05) is 0 Å². The number of carbonyl (C=O) groups excluding carboxylic acids is 1. The lowest BCUT2D eigenvalue weighted by Crippen LogP contribution is -2.35. The molecule has 0 bridgehead atoms. The molecular weight excluding hydrogens is 334 g/mol. The molecule has 0 spiro atoms. The van der Waals surface area contributed by atoms with Crippen molar-refractivity contribution in [3.8, 4) is 11.3 Å². The molecule has 0 aliphatic rings. The van der Waals surface area contributed by atoms with Gasteiger partial charge >= 0.3 is 0 Å². The number of benzene rings is 1. The molecule has 0 aliphatic carbocycles. The number of carbonyl (C=O) groups is 1. The highest BCUT2D eigenvalue weighted by Crippen LogP contribution is 2.30. The SMILES string of the molecule is COCCNc1noc(-c2ccc(Cl)cc2)c1C(=O)N[C@H](C)CO. The van der Waals surface area contributed by atoms with Crippen LogP contribution in [0, 0.1) is 0 Å². The molecule has 1 atom stereocenters. The predicted octanol–water partition coefficient (Wildman–Crippen LogP) is 2.16. The van der Waals surface area contributed by atoms with E-state index in [1.54, 1.807) is 38.3 Å². The molecule has 7 nitrogen and oxygen atoms in total. The number of rotatable bonds is 8. The highest BCUT2D eigenvalue weighted by atomic mass is 35.5. The van der Waals surface area contributed by atoms with Crippen LogP contribution in [-0.2, 0) is 4.74 Å². The van der Waals surface area contributed by atoms with Crippen molar-refractivity contribution >= 4 is 23.3 Å². The molecule has 1 amide bonds. The number of nitrogens with one attached hydrogen (secondary N) is 2. The topological polar surface area (TPSA) is 96.6 Å². The van der Waals surface area contributed by atoms with Crippen molar-refractivity contribution < 1.29 is 19.2 Å². The average Bonchev–Trinajstić information content (AvgIpc) is 2.99. The number of halogens is 1. The number of methoxy groups -OCH3 is 1. The van der Waals surface area contributed by atoms with Crippen molar-refractivity contribution in [1.29, 1.82) is 0 Å². The molecule has 3 N–H and O–H groups in total. The van der Waals surface area contributed by atoms with E-state index in [2.05, 4.69) is 15.8 Å². The summed E-state index contributed by atoms with van der Waals surface area (Å²) < 4.78 is 10.4. The van der Waals surface area contributed by atoms with Crippen molar-refractivity contribution in [3.63, 3.8) is 0 Å². The lowest BCUT2D eigenvalue weighted by molar-refractivity contribution is 0.0923. The zero-order valence-corrected chi connectivity index (χ0v) is 14.3. The molecule has 24 heavy (non-hydrogen) atoms. The number of amides is 1. The van der Waals surface area contributed by atoms with Gasteiger partial charge in [-0.25, -0.2) is 0 Å². The highest BCUT2D eigenvalue weighted by molar-refractivity contribution is 6.30. The van der Waals surface area contributed by atoms with Gasteiger partial charge in [-0.05, 0) is 31.2 Å². The van der Waals surface area contributed by atoms with Gasteiger partial charge in [0, 0.05) is 30.3 Å². The summed E-state index contributed by atoms with van der Waals surface area (Å²) in [7, 11) is 1.58. The second kappa shape index (κ2) is 8.68. The lowest BCUT2D eigenvalue weighted by Gasteiger charge is -2.12. The van der Waals surface area contributed by atoms with E-state index in [9.17, 15) is 4.79 Å². The summed E-state index contributed by atoms with van der Waals surface area (Å²) in [6.07, 6.45) is 0.